The van der Waals surface area contributed by atoms with Crippen molar-refractivity contribution in [2.24, 2.45) is 0 Å². The molecule has 3 aromatic rings. The summed E-state index contributed by atoms with van der Waals surface area (Å²) in [5, 5.41) is 8.49. The first-order valence-corrected chi connectivity index (χ1v) is 8.39. The number of aryl methyl sites for hydroxylation is 1. The molecule has 26 heavy (non-hydrogen) atoms. The number of benzene rings is 2. The Kier molecular flexibility index (Phi) is 5.43. The van der Waals surface area contributed by atoms with Gasteiger partial charge in [-0.3, -0.25) is 9.59 Å². The number of fused-ring (bicyclic) bond motifs is 1. The Balaban J connectivity index is 1.74. The second-order valence-corrected chi connectivity index (χ2v) is 6.07. The fourth-order valence-electron chi connectivity index (χ4n) is 2.92. The summed E-state index contributed by atoms with van der Waals surface area (Å²) in [5.41, 5.74) is 2.46. The average molecular weight is 351 g/mol. The molecule has 1 aromatic heterocycles. The van der Waals surface area contributed by atoms with E-state index in [-0.39, 0.29) is 18.0 Å². The topological polar surface area (TPSA) is 73.2 Å². The molecular weight excluding hydrogens is 330 g/mol. The Morgan fingerprint density at radius 1 is 1.08 bits per heavy atom. The average Bonchev–Trinajstić information content (AvgIpc) is 2.65. The van der Waals surface area contributed by atoms with Crippen molar-refractivity contribution >= 4 is 16.7 Å². The van der Waals surface area contributed by atoms with Gasteiger partial charge in [0, 0.05) is 19.0 Å². The quantitative estimate of drug-likeness (QED) is 0.739. The summed E-state index contributed by atoms with van der Waals surface area (Å²) in [5.74, 6) is -0.262. The lowest BCUT2D eigenvalue weighted by Gasteiger charge is -2.11. The number of methoxy groups -OCH3 is 1. The summed E-state index contributed by atoms with van der Waals surface area (Å²) >= 11 is 0. The summed E-state index contributed by atoms with van der Waals surface area (Å²) in [6.45, 7) is 2.57. The number of ether oxygens (including phenoxy) is 1. The second-order valence-electron chi connectivity index (χ2n) is 6.07. The molecule has 0 bridgehead atoms. The molecule has 0 radical (unpaired) electrons. The number of aromatic nitrogens is 2. The molecule has 6 heteroatoms. The Bertz CT molecular complexity index is 995. The third-order valence-corrected chi connectivity index (χ3v) is 4.24. The Labute approximate surface area is 151 Å². The molecule has 0 fully saturated rings. The first-order valence-electron chi connectivity index (χ1n) is 8.39. The van der Waals surface area contributed by atoms with E-state index in [4.69, 9.17) is 4.74 Å². The fourth-order valence-corrected chi connectivity index (χ4v) is 2.92. The minimum atomic E-state index is -0.263. The molecule has 0 spiro atoms. The number of nitrogens with one attached hydrogen (secondary N) is 1. The van der Waals surface area contributed by atoms with Gasteiger partial charge in [0.05, 0.1) is 17.7 Å². The summed E-state index contributed by atoms with van der Waals surface area (Å²) < 4.78 is 6.39. The van der Waals surface area contributed by atoms with Crippen molar-refractivity contribution in [1.29, 1.82) is 0 Å². The van der Waals surface area contributed by atoms with Gasteiger partial charge < -0.3 is 10.1 Å². The summed E-state index contributed by atoms with van der Waals surface area (Å²) in [4.78, 5) is 24.8. The van der Waals surface area contributed by atoms with Gasteiger partial charge in [-0.2, -0.15) is 5.10 Å². The fraction of sp³-hybridized carbons (Fsp3) is 0.250. The molecule has 0 saturated carbocycles. The standard InChI is InChI=1S/C20H21N3O3/c1-14-17-9-5-6-10-18(17)20(25)23(22-14)12-19(24)21-11-15-7-3-4-8-16(15)13-26-2/h3-10H,11-13H2,1-2H3,(H,21,24). The zero-order chi connectivity index (χ0) is 18.5. The van der Waals surface area contributed by atoms with Crippen LogP contribution < -0.4 is 10.9 Å². The van der Waals surface area contributed by atoms with Crippen LogP contribution in [0.2, 0.25) is 0 Å². The number of hydrogen-bond donors (Lipinski definition) is 1. The highest BCUT2D eigenvalue weighted by Crippen LogP contribution is 2.12. The lowest BCUT2D eigenvalue weighted by atomic mass is 10.1. The first kappa shape index (κ1) is 17.8. The van der Waals surface area contributed by atoms with Crippen molar-refractivity contribution in [3.8, 4) is 0 Å². The normalized spacial score (nSPS) is 10.8. The largest absolute Gasteiger partial charge is 0.380 e. The van der Waals surface area contributed by atoms with Crippen LogP contribution in [0.25, 0.3) is 10.8 Å². The maximum absolute atomic E-state index is 12.5. The van der Waals surface area contributed by atoms with E-state index in [1.165, 1.54) is 4.68 Å². The van der Waals surface area contributed by atoms with Gasteiger partial charge in [0.2, 0.25) is 5.91 Å². The van der Waals surface area contributed by atoms with E-state index in [9.17, 15) is 9.59 Å². The molecule has 1 N–H and O–H groups in total. The molecule has 134 valence electrons. The number of amides is 1. The predicted octanol–water partition coefficient (Wildman–Crippen LogP) is 2.17. The number of nitrogens with zero attached hydrogens (tertiary/aromatic N) is 2. The van der Waals surface area contributed by atoms with Crippen LogP contribution in [0.3, 0.4) is 0 Å². The third-order valence-electron chi connectivity index (χ3n) is 4.24. The third kappa shape index (κ3) is 3.81. The minimum Gasteiger partial charge on any atom is -0.380 e. The maximum Gasteiger partial charge on any atom is 0.275 e. The summed E-state index contributed by atoms with van der Waals surface area (Å²) in [6.07, 6.45) is 0. The molecule has 0 atom stereocenters. The lowest BCUT2D eigenvalue weighted by molar-refractivity contribution is -0.122. The maximum atomic E-state index is 12.5. The number of rotatable bonds is 6. The van der Waals surface area contributed by atoms with Gasteiger partial charge in [-0.05, 0) is 24.1 Å². The van der Waals surface area contributed by atoms with E-state index >= 15 is 0 Å². The van der Waals surface area contributed by atoms with Crippen LogP contribution in [-0.4, -0.2) is 22.8 Å². The monoisotopic (exact) mass is 351 g/mol. The minimum absolute atomic E-state index is 0.114. The highest BCUT2D eigenvalue weighted by Gasteiger charge is 2.11. The Hall–Kier alpha value is -2.99. The van der Waals surface area contributed by atoms with Crippen molar-refractivity contribution in [2.45, 2.75) is 26.6 Å². The smallest absolute Gasteiger partial charge is 0.275 e. The van der Waals surface area contributed by atoms with Crippen molar-refractivity contribution in [2.75, 3.05) is 7.11 Å². The molecular formula is C20H21N3O3. The van der Waals surface area contributed by atoms with Gasteiger partial charge in [0.1, 0.15) is 6.54 Å². The van der Waals surface area contributed by atoms with Crippen molar-refractivity contribution in [1.82, 2.24) is 15.1 Å². The van der Waals surface area contributed by atoms with E-state index < -0.39 is 0 Å². The Morgan fingerprint density at radius 2 is 1.73 bits per heavy atom. The van der Waals surface area contributed by atoms with Crippen LogP contribution in [-0.2, 0) is 29.2 Å². The van der Waals surface area contributed by atoms with E-state index in [2.05, 4.69) is 10.4 Å². The molecule has 0 aliphatic heterocycles. The van der Waals surface area contributed by atoms with Gasteiger partial charge in [0.25, 0.3) is 5.56 Å². The van der Waals surface area contributed by atoms with Crippen molar-refractivity contribution < 1.29 is 9.53 Å². The molecule has 2 aromatic carbocycles. The molecule has 1 amide bonds. The molecule has 6 nitrogen and oxygen atoms in total. The molecule has 0 saturated heterocycles. The zero-order valence-corrected chi connectivity index (χ0v) is 14.9. The predicted molar refractivity (Wildman–Crippen MR) is 99.7 cm³/mol. The highest BCUT2D eigenvalue weighted by atomic mass is 16.5. The molecule has 3 rings (SSSR count). The van der Waals surface area contributed by atoms with Crippen LogP contribution in [0.1, 0.15) is 16.8 Å². The van der Waals surface area contributed by atoms with Crippen molar-refractivity contribution in [3.63, 3.8) is 0 Å². The second kappa shape index (κ2) is 7.93. The van der Waals surface area contributed by atoms with Gasteiger partial charge in [-0.15, -0.1) is 0 Å². The molecule has 0 unspecified atom stereocenters. The van der Waals surface area contributed by atoms with Gasteiger partial charge >= 0.3 is 0 Å². The van der Waals surface area contributed by atoms with E-state index in [0.29, 0.717) is 18.5 Å². The number of carbonyl (C=O) groups is 1. The van der Waals surface area contributed by atoms with Crippen molar-refractivity contribution in [3.05, 3.63) is 75.7 Å². The van der Waals surface area contributed by atoms with Crippen LogP contribution in [0, 0.1) is 6.92 Å². The lowest BCUT2D eigenvalue weighted by Crippen LogP contribution is -2.34. The van der Waals surface area contributed by atoms with E-state index in [1.54, 1.807) is 19.2 Å². The zero-order valence-electron chi connectivity index (χ0n) is 14.9. The van der Waals surface area contributed by atoms with Crippen LogP contribution in [0.5, 0.6) is 0 Å². The molecule has 0 aliphatic rings. The summed E-state index contributed by atoms with van der Waals surface area (Å²) in [6, 6.07) is 15.0. The van der Waals surface area contributed by atoms with Crippen LogP contribution in [0.15, 0.2) is 53.3 Å². The van der Waals surface area contributed by atoms with Gasteiger partial charge in [-0.25, -0.2) is 4.68 Å². The molecule has 1 heterocycles. The number of carbonyl (C=O) groups excluding carboxylic acids is 1. The van der Waals surface area contributed by atoms with E-state index in [0.717, 1.165) is 22.2 Å². The molecule has 0 aliphatic carbocycles. The Morgan fingerprint density at radius 3 is 2.46 bits per heavy atom. The van der Waals surface area contributed by atoms with Crippen LogP contribution in [0.4, 0.5) is 0 Å². The first-order chi connectivity index (χ1) is 12.6. The highest BCUT2D eigenvalue weighted by molar-refractivity contribution is 5.83. The SMILES string of the molecule is COCc1ccccc1CNC(=O)Cn1nc(C)c2ccccc2c1=O. The van der Waals surface area contributed by atoms with E-state index in [1.807, 2.05) is 43.3 Å². The van der Waals surface area contributed by atoms with Gasteiger partial charge in [-0.1, -0.05) is 42.5 Å². The summed E-state index contributed by atoms with van der Waals surface area (Å²) in [7, 11) is 1.63. The van der Waals surface area contributed by atoms with Gasteiger partial charge in [0.15, 0.2) is 0 Å². The van der Waals surface area contributed by atoms with Crippen LogP contribution >= 0.6 is 0 Å². The number of hydrogen-bond acceptors (Lipinski definition) is 4.